The van der Waals surface area contributed by atoms with Crippen LogP contribution in [0.1, 0.15) is 16.1 Å². The molecule has 2 aromatic carbocycles. The fourth-order valence-corrected chi connectivity index (χ4v) is 4.01. The molecule has 0 bridgehead atoms. The number of morpholine rings is 1. The number of benzene rings is 2. The van der Waals surface area contributed by atoms with Gasteiger partial charge in [-0.25, -0.2) is 9.59 Å². The van der Waals surface area contributed by atoms with E-state index in [-0.39, 0.29) is 29.3 Å². The van der Waals surface area contributed by atoms with E-state index < -0.39 is 5.97 Å². The zero-order chi connectivity index (χ0) is 22.7. The van der Waals surface area contributed by atoms with Crippen LogP contribution in [0.2, 0.25) is 5.02 Å². The molecule has 0 unspecified atom stereocenters. The highest BCUT2D eigenvalue weighted by atomic mass is 35.5. The summed E-state index contributed by atoms with van der Waals surface area (Å²) in [5, 5.41) is 3.52. The van der Waals surface area contributed by atoms with Gasteiger partial charge in [0.15, 0.2) is 5.43 Å². The Bertz CT molecular complexity index is 1220. The normalized spacial score (nSPS) is 13.8. The van der Waals surface area contributed by atoms with Crippen LogP contribution in [0.5, 0.6) is 0 Å². The van der Waals surface area contributed by atoms with Gasteiger partial charge in [0.05, 0.1) is 43.0 Å². The van der Waals surface area contributed by atoms with Gasteiger partial charge in [-0.1, -0.05) is 41.9 Å². The first-order valence-electron chi connectivity index (χ1n) is 10.1. The second-order valence-electron chi connectivity index (χ2n) is 7.27. The van der Waals surface area contributed by atoms with Gasteiger partial charge in [0.25, 0.3) is 0 Å². The number of ether oxygens (including phenoxy) is 2. The zero-order valence-corrected chi connectivity index (χ0v) is 18.2. The molecule has 0 saturated carbocycles. The van der Waals surface area contributed by atoms with Crippen molar-refractivity contribution < 1.29 is 19.1 Å². The molecule has 8 nitrogen and oxygen atoms in total. The standard InChI is InChI=1S/C23H22ClN3O5/c1-31-22(29)20-16(13-25-23(30)27-9-11-32-12-10-27)21(28)15-7-8-17(24)18(19(15)26-20)14-5-3-2-4-6-14/h2-8H,9-13H2,1H3,(H,25,30)(H,26,28). The van der Waals surface area contributed by atoms with Gasteiger partial charge >= 0.3 is 12.0 Å². The maximum Gasteiger partial charge on any atom is 0.354 e. The lowest BCUT2D eigenvalue weighted by Crippen LogP contribution is -2.46. The second kappa shape index (κ2) is 9.42. The molecule has 4 rings (SSSR count). The van der Waals surface area contributed by atoms with Gasteiger partial charge in [0.1, 0.15) is 5.69 Å². The summed E-state index contributed by atoms with van der Waals surface area (Å²) in [5.74, 6) is -0.710. The van der Waals surface area contributed by atoms with Gasteiger partial charge in [-0.15, -0.1) is 0 Å². The number of hydrogen-bond donors (Lipinski definition) is 2. The van der Waals surface area contributed by atoms with Crippen LogP contribution in [-0.2, 0) is 16.0 Å². The van der Waals surface area contributed by atoms with Crippen molar-refractivity contribution in [2.24, 2.45) is 0 Å². The number of fused-ring (bicyclic) bond motifs is 1. The molecule has 0 spiro atoms. The minimum absolute atomic E-state index is 0.0216. The molecule has 0 atom stereocenters. The van der Waals surface area contributed by atoms with Crippen LogP contribution in [0.3, 0.4) is 0 Å². The number of H-pyrrole nitrogens is 1. The van der Waals surface area contributed by atoms with Crippen molar-refractivity contribution in [3.8, 4) is 11.1 Å². The van der Waals surface area contributed by atoms with E-state index in [1.54, 1.807) is 17.0 Å². The summed E-state index contributed by atoms with van der Waals surface area (Å²) < 4.78 is 10.2. The van der Waals surface area contributed by atoms with Crippen molar-refractivity contribution in [3.63, 3.8) is 0 Å². The fourth-order valence-electron chi connectivity index (χ4n) is 3.75. The van der Waals surface area contributed by atoms with E-state index in [1.807, 2.05) is 30.3 Å². The molecular formula is C23H22ClN3O5. The third-order valence-corrected chi connectivity index (χ3v) is 5.71. The topological polar surface area (TPSA) is 101 Å². The number of aromatic amines is 1. The molecule has 2 amide bonds. The monoisotopic (exact) mass is 455 g/mol. The molecule has 1 fully saturated rings. The Balaban J connectivity index is 1.80. The number of carbonyl (C=O) groups is 2. The third kappa shape index (κ3) is 4.19. The summed E-state index contributed by atoms with van der Waals surface area (Å²) in [7, 11) is 1.23. The first-order valence-corrected chi connectivity index (χ1v) is 10.5. The number of amides is 2. The van der Waals surface area contributed by atoms with Gasteiger partial charge in [-0.2, -0.15) is 0 Å². The summed E-state index contributed by atoms with van der Waals surface area (Å²) in [6.45, 7) is 1.71. The van der Waals surface area contributed by atoms with E-state index in [0.717, 1.165) is 5.56 Å². The number of methoxy groups -OCH3 is 1. The van der Waals surface area contributed by atoms with Crippen LogP contribution in [-0.4, -0.2) is 55.3 Å². The highest BCUT2D eigenvalue weighted by Crippen LogP contribution is 2.33. The number of halogens is 1. The zero-order valence-electron chi connectivity index (χ0n) is 17.4. The molecule has 0 aliphatic carbocycles. The van der Waals surface area contributed by atoms with Crippen LogP contribution in [0.25, 0.3) is 22.0 Å². The van der Waals surface area contributed by atoms with Crippen LogP contribution >= 0.6 is 11.6 Å². The van der Waals surface area contributed by atoms with Gasteiger partial charge in [-0.05, 0) is 17.7 Å². The second-order valence-corrected chi connectivity index (χ2v) is 7.68. The van der Waals surface area contributed by atoms with Gasteiger partial charge in [-0.3, -0.25) is 4.79 Å². The molecule has 1 aromatic heterocycles. The lowest BCUT2D eigenvalue weighted by molar-refractivity contribution is 0.0530. The predicted octanol–water partition coefficient (Wildman–Crippen LogP) is 3.18. The van der Waals surface area contributed by atoms with Crippen LogP contribution in [0, 0.1) is 0 Å². The van der Waals surface area contributed by atoms with Crippen LogP contribution in [0.4, 0.5) is 4.79 Å². The molecule has 1 saturated heterocycles. The van der Waals surface area contributed by atoms with Crippen molar-refractivity contribution >= 4 is 34.5 Å². The van der Waals surface area contributed by atoms with Crippen molar-refractivity contribution in [3.05, 3.63) is 69.0 Å². The number of carbonyl (C=O) groups excluding carboxylic acids is 2. The number of aromatic nitrogens is 1. The number of pyridine rings is 1. The minimum Gasteiger partial charge on any atom is -0.464 e. The highest BCUT2D eigenvalue weighted by Gasteiger charge is 2.23. The molecule has 1 aliphatic heterocycles. The Kier molecular flexibility index (Phi) is 6.43. The first kappa shape index (κ1) is 21.9. The van der Waals surface area contributed by atoms with Crippen molar-refractivity contribution in [1.82, 2.24) is 15.2 Å². The Morgan fingerprint density at radius 1 is 1.16 bits per heavy atom. The van der Waals surface area contributed by atoms with Crippen LogP contribution < -0.4 is 10.7 Å². The Morgan fingerprint density at radius 3 is 2.56 bits per heavy atom. The molecule has 9 heteroatoms. The number of nitrogens with one attached hydrogen (secondary N) is 2. The third-order valence-electron chi connectivity index (χ3n) is 5.39. The molecule has 2 N–H and O–H groups in total. The van der Waals surface area contributed by atoms with Crippen molar-refractivity contribution in [2.75, 3.05) is 33.4 Å². The number of hydrogen-bond acceptors (Lipinski definition) is 5. The van der Waals surface area contributed by atoms with Gasteiger partial charge < -0.3 is 24.7 Å². The number of esters is 1. The Morgan fingerprint density at radius 2 is 1.88 bits per heavy atom. The minimum atomic E-state index is -0.710. The van der Waals surface area contributed by atoms with E-state index >= 15 is 0 Å². The van der Waals surface area contributed by atoms with Crippen molar-refractivity contribution in [1.29, 1.82) is 0 Å². The highest BCUT2D eigenvalue weighted by molar-refractivity contribution is 6.35. The maximum atomic E-state index is 13.4. The van der Waals surface area contributed by atoms with Gasteiger partial charge in [0.2, 0.25) is 0 Å². The lowest BCUT2D eigenvalue weighted by atomic mass is 9.99. The van der Waals surface area contributed by atoms with E-state index in [1.165, 1.54) is 7.11 Å². The first-order chi connectivity index (χ1) is 15.5. The number of nitrogens with zero attached hydrogens (tertiary/aromatic N) is 1. The summed E-state index contributed by atoms with van der Waals surface area (Å²) in [6.07, 6.45) is 0. The van der Waals surface area contributed by atoms with E-state index in [9.17, 15) is 14.4 Å². The quantitative estimate of drug-likeness (QED) is 0.588. The molecule has 32 heavy (non-hydrogen) atoms. The van der Waals surface area contributed by atoms with Gasteiger partial charge in [0, 0.05) is 24.0 Å². The summed E-state index contributed by atoms with van der Waals surface area (Å²) >= 11 is 6.47. The molecule has 3 aromatic rings. The Labute approximate surface area is 189 Å². The average Bonchev–Trinajstić information content (AvgIpc) is 2.83. The van der Waals surface area contributed by atoms with E-state index in [2.05, 4.69) is 10.3 Å². The summed E-state index contributed by atoms with van der Waals surface area (Å²) in [5.41, 5.74) is 1.55. The summed E-state index contributed by atoms with van der Waals surface area (Å²) in [6, 6.07) is 12.3. The largest absolute Gasteiger partial charge is 0.464 e. The predicted molar refractivity (Wildman–Crippen MR) is 121 cm³/mol. The molecule has 166 valence electrons. The average molecular weight is 456 g/mol. The lowest BCUT2D eigenvalue weighted by Gasteiger charge is -2.27. The molecule has 1 aliphatic rings. The maximum absolute atomic E-state index is 13.4. The van der Waals surface area contributed by atoms with Crippen LogP contribution in [0.15, 0.2) is 47.3 Å². The summed E-state index contributed by atoms with van der Waals surface area (Å²) in [4.78, 5) is 43.1. The smallest absolute Gasteiger partial charge is 0.354 e. The molecule has 0 radical (unpaired) electrons. The fraction of sp³-hybridized carbons (Fsp3) is 0.261. The molecular weight excluding hydrogens is 434 g/mol. The van der Waals surface area contributed by atoms with Crippen molar-refractivity contribution in [2.45, 2.75) is 6.54 Å². The number of rotatable bonds is 4. The van der Waals surface area contributed by atoms with E-state index in [4.69, 9.17) is 21.1 Å². The number of urea groups is 1. The Hall–Kier alpha value is -3.36. The molecule has 2 heterocycles. The van der Waals surface area contributed by atoms with E-state index in [0.29, 0.717) is 47.8 Å². The SMILES string of the molecule is COC(=O)c1[nH]c2c(-c3ccccc3)c(Cl)ccc2c(=O)c1CNC(=O)N1CCOCC1.